The van der Waals surface area contributed by atoms with Crippen LogP contribution in [0.4, 0.5) is 0 Å². The van der Waals surface area contributed by atoms with Gasteiger partial charge in [-0.1, -0.05) is 34.6 Å². The molecule has 1 aliphatic rings. The number of halogens is 1. The smallest absolute Gasteiger partial charge is 0.363 e. The molecule has 0 aliphatic carbocycles. The molecule has 2 aromatic rings. The van der Waals surface area contributed by atoms with Crippen LogP contribution in [0, 0.1) is 0 Å². The van der Waals surface area contributed by atoms with Gasteiger partial charge in [-0.25, -0.2) is 9.79 Å². The van der Waals surface area contributed by atoms with Gasteiger partial charge in [-0.3, -0.25) is 0 Å². The van der Waals surface area contributed by atoms with Gasteiger partial charge in [0.25, 0.3) is 0 Å². The highest BCUT2D eigenvalue weighted by molar-refractivity contribution is 9.10. The maximum Gasteiger partial charge on any atom is 0.363 e. The summed E-state index contributed by atoms with van der Waals surface area (Å²) < 4.78 is 11.8. The summed E-state index contributed by atoms with van der Waals surface area (Å²) in [5, 5.41) is 0. The first-order valence-corrected chi connectivity index (χ1v) is 8.46. The zero-order chi connectivity index (χ0) is 17.8. The van der Waals surface area contributed by atoms with Crippen LogP contribution >= 0.6 is 15.9 Å². The number of hydrogen-bond donors (Lipinski definition) is 0. The average Bonchev–Trinajstić information content (AvgIpc) is 2.95. The predicted octanol–water partition coefficient (Wildman–Crippen LogP) is 4.75. The van der Waals surface area contributed by atoms with Crippen molar-refractivity contribution in [3.8, 4) is 5.75 Å². The van der Waals surface area contributed by atoms with Crippen LogP contribution in [-0.4, -0.2) is 18.5 Å². The molecule has 0 radical (unpaired) electrons. The number of ether oxygens (including phenoxy) is 2. The van der Waals surface area contributed by atoms with Gasteiger partial charge in [0.1, 0.15) is 12.4 Å². The maximum absolute atomic E-state index is 12.0. The highest BCUT2D eigenvalue weighted by Crippen LogP contribution is 2.21. The molecule has 0 aromatic heterocycles. The lowest BCUT2D eigenvalue weighted by Crippen LogP contribution is -2.05. The summed E-state index contributed by atoms with van der Waals surface area (Å²) in [5.41, 5.74) is 2.82. The van der Waals surface area contributed by atoms with Gasteiger partial charge in [-0.15, -0.1) is 0 Å². The van der Waals surface area contributed by atoms with E-state index in [1.54, 1.807) is 6.08 Å². The SMILES string of the molecule is C=C(C)COc1ccc(/C=C2/N=C(c3ccc(Br)cc3)OC2=O)cc1. The molecule has 0 saturated heterocycles. The molecule has 1 heterocycles. The van der Waals surface area contributed by atoms with Gasteiger partial charge in [0, 0.05) is 10.0 Å². The summed E-state index contributed by atoms with van der Waals surface area (Å²) in [6, 6.07) is 14.8. The number of rotatable bonds is 5. The molecule has 2 aromatic carbocycles. The first-order valence-electron chi connectivity index (χ1n) is 7.67. The third kappa shape index (κ3) is 4.45. The maximum atomic E-state index is 12.0. The van der Waals surface area contributed by atoms with E-state index >= 15 is 0 Å². The van der Waals surface area contributed by atoms with E-state index in [1.807, 2.05) is 55.5 Å². The van der Waals surface area contributed by atoms with E-state index in [-0.39, 0.29) is 5.70 Å². The van der Waals surface area contributed by atoms with Crippen molar-refractivity contribution < 1.29 is 14.3 Å². The lowest BCUT2D eigenvalue weighted by atomic mass is 10.2. The number of carbonyl (C=O) groups excluding carboxylic acids is 1. The summed E-state index contributed by atoms with van der Waals surface area (Å²) in [6.07, 6.45) is 1.69. The number of carbonyl (C=O) groups is 1. The molecule has 0 saturated carbocycles. The van der Waals surface area contributed by atoms with Gasteiger partial charge >= 0.3 is 5.97 Å². The van der Waals surface area contributed by atoms with Gasteiger partial charge in [-0.05, 0) is 60.5 Å². The number of cyclic esters (lactones) is 1. The molecule has 0 N–H and O–H groups in total. The van der Waals surface area contributed by atoms with Crippen LogP contribution in [0.25, 0.3) is 6.08 Å². The Kier molecular flexibility index (Phi) is 5.14. The largest absolute Gasteiger partial charge is 0.489 e. The second kappa shape index (κ2) is 7.49. The third-order valence-electron chi connectivity index (χ3n) is 3.38. The Morgan fingerprint density at radius 1 is 1.20 bits per heavy atom. The van der Waals surface area contributed by atoms with E-state index in [0.717, 1.165) is 26.9 Å². The second-order valence-corrected chi connectivity index (χ2v) is 6.57. The number of esters is 1. The summed E-state index contributed by atoms with van der Waals surface area (Å²) in [5.74, 6) is 0.601. The van der Waals surface area contributed by atoms with Crippen LogP contribution in [0.2, 0.25) is 0 Å². The summed E-state index contributed by atoms with van der Waals surface area (Å²) >= 11 is 3.37. The van der Waals surface area contributed by atoms with Crippen molar-refractivity contribution in [3.05, 3.63) is 82.0 Å². The number of nitrogens with zero attached hydrogens (tertiary/aromatic N) is 1. The van der Waals surface area contributed by atoms with E-state index in [0.29, 0.717) is 12.5 Å². The number of benzene rings is 2. The molecule has 0 unspecified atom stereocenters. The van der Waals surface area contributed by atoms with Crippen LogP contribution < -0.4 is 4.74 Å². The molecule has 4 nitrogen and oxygen atoms in total. The normalized spacial score (nSPS) is 15.0. The molecule has 0 fully saturated rings. The summed E-state index contributed by atoms with van der Waals surface area (Å²) in [6.45, 7) is 6.19. The molecule has 3 rings (SSSR count). The Bertz CT molecular complexity index is 865. The average molecular weight is 398 g/mol. The number of hydrogen-bond acceptors (Lipinski definition) is 4. The topological polar surface area (TPSA) is 47.9 Å². The molecule has 1 aliphatic heterocycles. The Morgan fingerprint density at radius 3 is 2.52 bits per heavy atom. The van der Waals surface area contributed by atoms with Gasteiger partial charge in [-0.2, -0.15) is 0 Å². The Morgan fingerprint density at radius 2 is 1.88 bits per heavy atom. The molecule has 0 atom stereocenters. The third-order valence-corrected chi connectivity index (χ3v) is 3.91. The van der Waals surface area contributed by atoms with E-state index in [9.17, 15) is 4.79 Å². The molecule has 0 spiro atoms. The lowest BCUT2D eigenvalue weighted by molar-refractivity contribution is -0.129. The van der Waals surface area contributed by atoms with Gasteiger partial charge in [0.05, 0.1) is 0 Å². The highest BCUT2D eigenvalue weighted by atomic mass is 79.9. The van der Waals surface area contributed by atoms with E-state index in [1.165, 1.54) is 0 Å². The minimum Gasteiger partial charge on any atom is -0.489 e. The zero-order valence-electron chi connectivity index (χ0n) is 13.7. The van der Waals surface area contributed by atoms with Crippen molar-refractivity contribution >= 4 is 33.9 Å². The van der Waals surface area contributed by atoms with Gasteiger partial charge in [0.2, 0.25) is 5.90 Å². The van der Waals surface area contributed by atoms with Crippen molar-refractivity contribution in [1.29, 1.82) is 0 Å². The lowest BCUT2D eigenvalue weighted by Gasteiger charge is -2.05. The van der Waals surface area contributed by atoms with Crippen molar-refractivity contribution in [2.75, 3.05) is 6.61 Å². The van der Waals surface area contributed by atoms with Crippen molar-refractivity contribution in [2.45, 2.75) is 6.92 Å². The highest BCUT2D eigenvalue weighted by Gasteiger charge is 2.23. The molecule has 0 amide bonds. The van der Waals surface area contributed by atoms with Crippen LogP contribution in [0.15, 0.2) is 75.8 Å². The Labute approximate surface area is 154 Å². The molecular weight excluding hydrogens is 382 g/mol. The number of aliphatic imine (C=N–C) groups is 1. The first kappa shape index (κ1) is 17.2. The van der Waals surface area contributed by atoms with Gasteiger partial charge in [0.15, 0.2) is 5.70 Å². The quantitative estimate of drug-likeness (QED) is 0.415. The minimum atomic E-state index is -0.458. The van der Waals surface area contributed by atoms with Gasteiger partial charge < -0.3 is 9.47 Å². The Balaban J connectivity index is 1.77. The fourth-order valence-electron chi connectivity index (χ4n) is 2.15. The molecular formula is C20H16BrNO3. The van der Waals surface area contributed by atoms with Crippen LogP contribution in [0.5, 0.6) is 5.75 Å². The monoisotopic (exact) mass is 397 g/mol. The predicted molar refractivity (Wildman–Crippen MR) is 101 cm³/mol. The molecule has 0 bridgehead atoms. The molecule has 25 heavy (non-hydrogen) atoms. The Hall–Kier alpha value is -2.66. The first-order chi connectivity index (χ1) is 12.0. The zero-order valence-corrected chi connectivity index (χ0v) is 15.2. The van der Waals surface area contributed by atoms with Crippen molar-refractivity contribution in [1.82, 2.24) is 0 Å². The summed E-state index contributed by atoms with van der Waals surface area (Å²) in [4.78, 5) is 16.3. The van der Waals surface area contributed by atoms with Crippen LogP contribution in [0.1, 0.15) is 18.1 Å². The van der Waals surface area contributed by atoms with E-state index in [2.05, 4.69) is 27.5 Å². The van der Waals surface area contributed by atoms with Crippen LogP contribution in [-0.2, 0) is 9.53 Å². The van der Waals surface area contributed by atoms with Crippen molar-refractivity contribution in [2.24, 2.45) is 4.99 Å². The molecule has 126 valence electrons. The van der Waals surface area contributed by atoms with E-state index in [4.69, 9.17) is 9.47 Å². The molecule has 5 heteroatoms. The minimum absolute atomic E-state index is 0.272. The standard InChI is InChI=1S/C20H16BrNO3/c1-13(2)12-24-17-9-3-14(4-10-17)11-18-20(23)25-19(22-18)15-5-7-16(21)8-6-15/h3-11H,1,12H2,2H3/b18-11+. The fraction of sp³-hybridized carbons (Fsp3) is 0.100. The fourth-order valence-corrected chi connectivity index (χ4v) is 2.41. The van der Waals surface area contributed by atoms with E-state index < -0.39 is 5.97 Å². The second-order valence-electron chi connectivity index (χ2n) is 5.66. The van der Waals surface area contributed by atoms with Crippen molar-refractivity contribution in [3.63, 3.8) is 0 Å². The summed E-state index contributed by atoms with van der Waals surface area (Å²) in [7, 11) is 0. The van der Waals surface area contributed by atoms with Crippen LogP contribution in [0.3, 0.4) is 0 Å².